The molecule has 0 bridgehead atoms. The molecule has 262 valence electrons. The molecule has 0 amide bonds. The van der Waals surface area contributed by atoms with Crippen molar-refractivity contribution in [3.05, 3.63) is 114 Å². The van der Waals surface area contributed by atoms with Crippen LogP contribution in [-0.4, -0.2) is 49.4 Å². The first-order valence-corrected chi connectivity index (χ1v) is 21.4. The Balaban J connectivity index is 0.00000504. The zero-order valence-electron chi connectivity index (χ0n) is 28.7. The summed E-state index contributed by atoms with van der Waals surface area (Å²) < 4.78 is 71.7. The Morgan fingerprint density at radius 3 is 2.06 bits per heavy atom. The average Bonchev–Trinajstić information content (AvgIpc) is 3.62. The number of nitrogens with zero attached hydrogens (tertiary/aromatic N) is 2. The van der Waals surface area contributed by atoms with Crippen LogP contribution in [0.5, 0.6) is 0 Å². The Morgan fingerprint density at radius 2 is 1.41 bits per heavy atom. The van der Waals surface area contributed by atoms with Gasteiger partial charge in [0, 0.05) is 41.9 Å². The zero-order chi connectivity index (χ0) is 35.3. The molecule has 13 heteroatoms. The van der Waals surface area contributed by atoms with Crippen molar-refractivity contribution in [3.8, 4) is 22.3 Å². The van der Waals surface area contributed by atoms with Crippen LogP contribution in [-0.2, 0) is 33.2 Å². The van der Waals surface area contributed by atoms with E-state index in [2.05, 4.69) is 83.1 Å². The number of thioether (sulfide) groups is 1. The van der Waals surface area contributed by atoms with Crippen molar-refractivity contribution in [3.63, 3.8) is 0 Å². The molecule has 0 saturated carbocycles. The molecule has 2 heterocycles. The Bertz CT molecular complexity index is 2210. The molecule has 6 rings (SSSR count). The molecule has 0 spiro atoms. The molecule has 0 fully saturated rings. The number of aromatic nitrogens is 1. The van der Waals surface area contributed by atoms with Crippen LogP contribution in [0.3, 0.4) is 0 Å². The summed E-state index contributed by atoms with van der Waals surface area (Å²) in [5.41, 5.74) is 7.66. The molecule has 1 unspecified atom stereocenters. The van der Waals surface area contributed by atoms with Gasteiger partial charge in [-0.1, -0.05) is 108 Å². The number of anilines is 1. The summed E-state index contributed by atoms with van der Waals surface area (Å²) in [5.74, 6) is -0.800. The first-order valence-electron chi connectivity index (χ1n) is 16.6. The number of thiazole rings is 1. The Kier molecular flexibility index (Phi) is 14.2. The van der Waals surface area contributed by atoms with Gasteiger partial charge in [-0.25, -0.2) is 16.8 Å². The first-order chi connectivity index (χ1) is 23.9. The summed E-state index contributed by atoms with van der Waals surface area (Å²) >= 11 is 3.45. The molecule has 51 heavy (non-hydrogen) atoms. The molecule has 0 saturated heterocycles. The smallest absolute Gasteiger partial charge is 0.748 e. The molecule has 4 aromatic carbocycles. The van der Waals surface area contributed by atoms with Crippen molar-refractivity contribution >= 4 is 59.2 Å². The zero-order valence-corrected chi connectivity index (χ0v) is 35.1. The summed E-state index contributed by atoms with van der Waals surface area (Å²) in [7, 11) is -8.62. The summed E-state index contributed by atoms with van der Waals surface area (Å²) in [6.07, 6.45) is 5.05. The largest absolute Gasteiger partial charge is 1.00 e. The number of fused-ring (bicyclic) bond motifs is 2. The van der Waals surface area contributed by atoms with Crippen LogP contribution in [0.15, 0.2) is 114 Å². The molecule has 0 aliphatic carbocycles. The van der Waals surface area contributed by atoms with Gasteiger partial charge in [0.05, 0.1) is 31.3 Å². The summed E-state index contributed by atoms with van der Waals surface area (Å²) in [4.78, 5) is 3.36. The Labute approximate surface area is 351 Å². The second-order valence-electron chi connectivity index (χ2n) is 12.5. The van der Waals surface area contributed by atoms with Crippen LogP contribution in [0.25, 0.3) is 32.5 Å². The van der Waals surface area contributed by atoms with Gasteiger partial charge >= 0.3 is 51.4 Å². The number of aryl methyl sites for hydroxylation is 2. The van der Waals surface area contributed by atoms with Crippen molar-refractivity contribution in [2.75, 3.05) is 23.0 Å². The van der Waals surface area contributed by atoms with Gasteiger partial charge in [-0.05, 0) is 66.6 Å². The van der Waals surface area contributed by atoms with Crippen molar-refractivity contribution in [2.24, 2.45) is 0 Å². The Morgan fingerprint density at radius 1 is 0.804 bits per heavy atom. The molecule has 1 aliphatic rings. The topological polar surface area (TPSA) is 122 Å². The molecule has 1 aliphatic heterocycles. The van der Waals surface area contributed by atoms with E-state index in [1.165, 1.54) is 5.57 Å². The third-order valence-corrected chi connectivity index (χ3v) is 13.0. The standard InChI is InChI=1S/C38H40N2O6S4.K/c1-28(14-20-37-39(22-8-24-49(41,42)43)33-26-31(16-18-35(33)47-37)29-10-4-2-5-11-29)15-21-38-40(23-9-25-50(44,45)46)34-27-32(17-19-36(34)48-38)30-12-6-3-7-13-30;/h2-7,10-14,16-19,26-27,37H,8-9,15,20-25H2,1H3,(H-,41,42,43,44,45,46);/q;+1/p-1. The van der Waals surface area contributed by atoms with E-state index in [1.54, 1.807) is 23.1 Å². The fraction of sp³-hybridized carbons (Fsp3) is 0.289. The fourth-order valence-corrected chi connectivity index (χ4v) is 9.76. The van der Waals surface area contributed by atoms with Crippen molar-refractivity contribution in [1.82, 2.24) is 0 Å². The Hall–Kier alpha value is -1.88. The normalized spacial score (nSPS) is 14.8. The predicted molar refractivity (Wildman–Crippen MR) is 201 cm³/mol. The van der Waals surface area contributed by atoms with Gasteiger partial charge in [-0.3, -0.25) is 0 Å². The molecule has 0 N–H and O–H groups in total. The first kappa shape index (κ1) is 40.3. The second kappa shape index (κ2) is 18.0. The average molecular weight is 787 g/mol. The van der Waals surface area contributed by atoms with E-state index in [1.807, 2.05) is 36.4 Å². The molecule has 1 aromatic heterocycles. The second-order valence-corrected chi connectivity index (χ2v) is 17.9. The maximum absolute atomic E-state index is 11.4. The number of hydrogen-bond donors (Lipinski definition) is 0. The van der Waals surface area contributed by atoms with Crippen molar-refractivity contribution in [1.29, 1.82) is 0 Å². The number of hydrogen-bond acceptors (Lipinski definition) is 9. The summed E-state index contributed by atoms with van der Waals surface area (Å²) in [6, 6.07) is 33.0. The maximum Gasteiger partial charge on any atom is 1.00 e. The summed E-state index contributed by atoms with van der Waals surface area (Å²) in [5, 5.41) is 1.18. The van der Waals surface area contributed by atoms with Gasteiger partial charge in [-0.15, -0.1) is 0 Å². The molecular weight excluding hydrogens is 748 g/mol. The minimum absolute atomic E-state index is 0. The van der Waals surface area contributed by atoms with Crippen LogP contribution >= 0.6 is 23.1 Å². The van der Waals surface area contributed by atoms with E-state index >= 15 is 0 Å². The number of allylic oxidation sites excluding steroid dienone is 1. The third kappa shape index (κ3) is 11.1. The molecule has 1 atom stereocenters. The van der Waals surface area contributed by atoms with Gasteiger partial charge in [0.15, 0.2) is 6.54 Å². The monoisotopic (exact) mass is 786 g/mol. The van der Waals surface area contributed by atoms with Crippen molar-refractivity contribution in [2.45, 2.75) is 55.8 Å². The molecular formula is C38H39KN2O6S4. The SMILES string of the molecule is CC(=CCC1Sc2ccc(-c3ccccc3)cc2N1CCCS(=O)(=O)[O-])CCc1sc2ccc(-c3ccccc3)cc2[n+]1CCCS(=O)(=O)[O-].[K+]. The number of benzene rings is 4. The van der Waals surface area contributed by atoms with Gasteiger partial charge in [0.1, 0.15) is 4.70 Å². The number of rotatable bonds is 15. The van der Waals surface area contributed by atoms with E-state index < -0.39 is 31.7 Å². The summed E-state index contributed by atoms with van der Waals surface area (Å²) in [6.45, 7) is 3.01. The van der Waals surface area contributed by atoms with E-state index in [0.29, 0.717) is 13.1 Å². The van der Waals surface area contributed by atoms with Crippen molar-refractivity contribution < 1.29 is 81.9 Å². The van der Waals surface area contributed by atoms with E-state index in [-0.39, 0.29) is 69.6 Å². The molecule has 0 radical (unpaired) electrons. The van der Waals surface area contributed by atoms with Gasteiger partial charge < -0.3 is 14.0 Å². The molecule has 5 aromatic rings. The minimum atomic E-state index is -4.31. The van der Waals surface area contributed by atoms with Crippen LogP contribution in [0.4, 0.5) is 5.69 Å². The van der Waals surface area contributed by atoms with Crippen LogP contribution < -0.4 is 60.9 Å². The fourth-order valence-electron chi connectivity index (χ4n) is 6.35. The van der Waals surface area contributed by atoms with Gasteiger partial charge in [0.2, 0.25) is 10.5 Å². The predicted octanol–water partition coefficient (Wildman–Crippen LogP) is 4.60. The quantitative estimate of drug-likeness (QED) is 0.0654. The molecule has 8 nitrogen and oxygen atoms in total. The maximum atomic E-state index is 11.4. The van der Waals surface area contributed by atoms with Crippen LogP contribution in [0.1, 0.15) is 37.6 Å². The van der Waals surface area contributed by atoms with Gasteiger partial charge in [-0.2, -0.15) is 4.57 Å². The third-order valence-electron chi connectivity index (χ3n) is 8.84. The van der Waals surface area contributed by atoms with E-state index in [0.717, 1.165) is 67.3 Å². The van der Waals surface area contributed by atoms with Gasteiger partial charge in [0.25, 0.3) is 0 Å². The minimum Gasteiger partial charge on any atom is -0.748 e. The van der Waals surface area contributed by atoms with Crippen LogP contribution in [0, 0.1) is 0 Å². The van der Waals surface area contributed by atoms with E-state index in [9.17, 15) is 25.9 Å². The van der Waals surface area contributed by atoms with E-state index in [4.69, 9.17) is 0 Å². The van der Waals surface area contributed by atoms with Crippen LogP contribution in [0.2, 0.25) is 0 Å².